The van der Waals surface area contributed by atoms with E-state index in [9.17, 15) is 14.9 Å². The molecule has 0 aliphatic heterocycles. The first-order valence-corrected chi connectivity index (χ1v) is 6.85. The van der Waals surface area contributed by atoms with Crippen molar-refractivity contribution in [3.05, 3.63) is 28.3 Å². The van der Waals surface area contributed by atoms with E-state index >= 15 is 0 Å². The van der Waals surface area contributed by atoms with E-state index in [1.54, 1.807) is 6.92 Å². The molecule has 0 amide bonds. The summed E-state index contributed by atoms with van der Waals surface area (Å²) in [7, 11) is 0. The standard InChI is InChI=1S/C14H19NO7/c1-3-19-7-8-21-12-6-5-11(15(17)18)9-13(12)22-10-14(16)20-4-2/h5-6,9H,3-4,7-8,10H2,1-2H3. The van der Waals surface area contributed by atoms with E-state index in [0.29, 0.717) is 19.0 Å². The Hall–Kier alpha value is -2.35. The average molecular weight is 313 g/mol. The summed E-state index contributed by atoms with van der Waals surface area (Å²) in [6.07, 6.45) is 0. The molecular formula is C14H19NO7. The lowest BCUT2D eigenvalue weighted by Gasteiger charge is -2.12. The number of hydrogen-bond donors (Lipinski definition) is 0. The van der Waals surface area contributed by atoms with E-state index in [2.05, 4.69) is 0 Å². The van der Waals surface area contributed by atoms with Crippen LogP contribution in [0.3, 0.4) is 0 Å². The van der Waals surface area contributed by atoms with Crippen molar-refractivity contribution >= 4 is 11.7 Å². The molecule has 8 nitrogen and oxygen atoms in total. The molecule has 0 aliphatic rings. The predicted molar refractivity (Wildman–Crippen MR) is 77.2 cm³/mol. The highest BCUT2D eigenvalue weighted by Crippen LogP contribution is 2.31. The normalized spacial score (nSPS) is 10.1. The first-order valence-electron chi connectivity index (χ1n) is 6.85. The molecule has 8 heteroatoms. The summed E-state index contributed by atoms with van der Waals surface area (Å²) in [5.41, 5.74) is -0.156. The lowest BCUT2D eigenvalue weighted by Crippen LogP contribution is -2.15. The van der Waals surface area contributed by atoms with Crippen LogP contribution in [0.25, 0.3) is 0 Å². The molecule has 0 N–H and O–H groups in total. The first-order chi connectivity index (χ1) is 10.6. The maximum Gasteiger partial charge on any atom is 0.344 e. The Balaban J connectivity index is 2.76. The van der Waals surface area contributed by atoms with Crippen LogP contribution in [0.4, 0.5) is 5.69 Å². The lowest BCUT2D eigenvalue weighted by molar-refractivity contribution is -0.385. The van der Waals surface area contributed by atoms with E-state index in [4.69, 9.17) is 18.9 Å². The number of esters is 1. The zero-order chi connectivity index (χ0) is 16.4. The van der Waals surface area contributed by atoms with Crippen LogP contribution in [0.5, 0.6) is 11.5 Å². The summed E-state index contributed by atoms with van der Waals surface area (Å²) < 4.78 is 20.6. The minimum atomic E-state index is -0.561. The molecule has 0 spiro atoms. The van der Waals surface area contributed by atoms with Gasteiger partial charge in [0.1, 0.15) is 6.61 Å². The van der Waals surface area contributed by atoms with Gasteiger partial charge in [0.25, 0.3) is 5.69 Å². The van der Waals surface area contributed by atoms with Crippen LogP contribution in [0, 0.1) is 10.1 Å². The number of nitro benzene ring substituents is 1. The van der Waals surface area contributed by atoms with E-state index in [1.807, 2.05) is 6.92 Å². The van der Waals surface area contributed by atoms with Gasteiger partial charge in [-0.15, -0.1) is 0 Å². The molecule has 1 aromatic carbocycles. The number of hydrogen-bond acceptors (Lipinski definition) is 7. The van der Waals surface area contributed by atoms with Crippen molar-refractivity contribution < 1.29 is 28.7 Å². The minimum absolute atomic E-state index is 0.110. The molecule has 1 aromatic rings. The van der Waals surface area contributed by atoms with Crippen molar-refractivity contribution in [1.29, 1.82) is 0 Å². The molecule has 0 saturated heterocycles. The number of non-ortho nitro benzene ring substituents is 1. The van der Waals surface area contributed by atoms with Crippen molar-refractivity contribution in [3.63, 3.8) is 0 Å². The highest BCUT2D eigenvalue weighted by molar-refractivity contribution is 5.71. The van der Waals surface area contributed by atoms with Gasteiger partial charge in [-0.25, -0.2) is 4.79 Å². The Labute approximate surface area is 128 Å². The number of nitro groups is 1. The molecule has 22 heavy (non-hydrogen) atoms. The van der Waals surface area contributed by atoms with Gasteiger partial charge in [-0.1, -0.05) is 0 Å². The largest absolute Gasteiger partial charge is 0.487 e. The van der Waals surface area contributed by atoms with Crippen molar-refractivity contribution in [3.8, 4) is 11.5 Å². The van der Waals surface area contributed by atoms with Crippen LogP contribution < -0.4 is 9.47 Å². The van der Waals surface area contributed by atoms with Crippen molar-refractivity contribution in [2.75, 3.05) is 33.0 Å². The molecule has 0 atom stereocenters. The van der Waals surface area contributed by atoms with Crippen LogP contribution in [0.2, 0.25) is 0 Å². The Bertz CT molecular complexity index is 504. The third-order valence-corrected chi connectivity index (χ3v) is 2.48. The van der Waals surface area contributed by atoms with Gasteiger partial charge < -0.3 is 18.9 Å². The molecule has 1 rings (SSSR count). The molecule has 0 saturated carbocycles. The quantitative estimate of drug-likeness (QED) is 0.282. The number of rotatable bonds is 10. The maximum absolute atomic E-state index is 11.3. The molecule has 0 aliphatic carbocycles. The smallest absolute Gasteiger partial charge is 0.344 e. The summed E-state index contributed by atoms with van der Waals surface area (Å²) in [5.74, 6) is -0.150. The second-order valence-electron chi connectivity index (χ2n) is 4.03. The fourth-order valence-corrected chi connectivity index (χ4v) is 1.54. The van der Waals surface area contributed by atoms with Gasteiger partial charge in [-0.2, -0.15) is 0 Å². The Kier molecular flexibility index (Phi) is 7.69. The van der Waals surface area contributed by atoms with E-state index in [0.717, 1.165) is 0 Å². The van der Waals surface area contributed by atoms with E-state index in [-0.39, 0.29) is 31.3 Å². The lowest BCUT2D eigenvalue weighted by atomic mass is 10.3. The summed E-state index contributed by atoms with van der Waals surface area (Å²) in [6.45, 7) is 4.63. The van der Waals surface area contributed by atoms with Crippen LogP contribution in [0.15, 0.2) is 18.2 Å². The molecule has 0 heterocycles. The number of ether oxygens (including phenoxy) is 4. The Morgan fingerprint density at radius 2 is 1.91 bits per heavy atom. The predicted octanol–water partition coefficient (Wildman–Crippen LogP) is 1.95. The van der Waals surface area contributed by atoms with Gasteiger partial charge in [0, 0.05) is 12.7 Å². The summed E-state index contributed by atoms with van der Waals surface area (Å²) in [5, 5.41) is 10.8. The van der Waals surface area contributed by atoms with Crippen LogP contribution in [0.1, 0.15) is 13.8 Å². The van der Waals surface area contributed by atoms with Crippen LogP contribution in [-0.2, 0) is 14.3 Å². The number of carbonyl (C=O) groups is 1. The Morgan fingerprint density at radius 3 is 2.55 bits per heavy atom. The summed E-state index contributed by atoms with van der Waals surface area (Å²) >= 11 is 0. The zero-order valence-electron chi connectivity index (χ0n) is 12.6. The molecule has 122 valence electrons. The van der Waals surface area contributed by atoms with Gasteiger partial charge in [0.05, 0.1) is 24.2 Å². The first kappa shape index (κ1) is 17.7. The molecule has 0 aromatic heterocycles. The number of benzene rings is 1. The van der Waals surface area contributed by atoms with E-state index < -0.39 is 10.9 Å². The third-order valence-electron chi connectivity index (χ3n) is 2.48. The summed E-state index contributed by atoms with van der Waals surface area (Å²) in [6, 6.07) is 3.92. The van der Waals surface area contributed by atoms with Gasteiger partial charge in [-0.05, 0) is 19.9 Å². The topological polar surface area (TPSA) is 97.1 Å². The Morgan fingerprint density at radius 1 is 1.14 bits per heavy atom. The fourth-order valence-electron chi connectivity index (χ4n) is 1.54. The van der Waals surface area contributed by atoms with Crippen molar-refractivity contribution in [1.82, 2.24) is 0 Å². The second kappa shape index (κ2) is 9.56. The SMILES string of the molecule is CCOCCOc1ccc([N+](=O)[O-])cc1OCC(=O)OCC. The second-order valence-corrected chi connectivity index (χ2v) is 4.03. The number of nitrogens with zero attached hydrogens (tertiary/aromatic N) is 1. The van der Waals surface area contributed by atoms with Gasteiger partial charge in [-0.3, -0.25) is 10.1 Å². The zero-order valence-corrected chi connectivity index (χ0v) is 12.6. The van der Waals surface area contributed by atoms with Gasteiger partial charge >= 0.3 is 5.97 Å². The highest BCUT2D eigenvalue weighted by Gasteiger charge is 2.14. The van der Waals surface area contributed by atoms with E-state index in [1.165, 1.54) is 18.2 Å². The van der Waals surface area contributed by atoms with Gasteiger partial charge in [0.2, 0.25) is 0 Å². The van der Waals surface area contributed by atoms with Gasteiger partial charge in [0.15, 0.2) is 18.1 Å². The van der Waals surface area contributed by atoms with Crippen molar-refractivity contribution in [2.45, 2.75) is 13.8 Å². The molecule has 0 unspecified atom stereocenters. The van der Waals surface area contributed by atoms with Crippen LogP contribution in [-0.4, -0.2) is 43.9 Å². The molecule has 0 radical (unpaired) electrons. The van der Waals surface area contributed by atoms with Crippen molar-refractivity contribution in [2.24, 2.45) is 0 Å². The summed E-state index contributed by atoms with van der Waals surface area (Å²) in [4.78, 5) is 21.6. The fraction of sp³-hybridized carbons (Fsp3) is 0.500. The molecule has 0 bridgehead atoms. The van der Waals surface area contributed by atoms with Crippen LogP contribution >= 0.6 is 0 Å². The minimum Gasteiger partial charge on any atom is -0.487 e. The highest BCUT2D eigenvalue weighted by atomic mass is 16.6. The molecule has 0 fully saturated rings. The third kappa shape index (κ3) is 5.96. The number of carbonyl (C=O) groups excluding carboxylic acids is 1. The molecular weight excluding hydrogens is 294 g/mol. The monoisotopic (exact) mass is 313 g/mol. The maximum atomic E-state index is 11.3. The average Bonchev–Trinajstić information content (AvgIpc) is 2.50.